The maximum absolute atomic E-state index is 13.4. The SMILES string of the molecule is COc1ccc(-c2csc(Cl)n2)cc1F. The lowest BCUT2D eigenvalue weighted by atomic mass is 10.1. The first-order valence-electron chi connectivity index (χ1n) is 4.15. The maximum atomic E-state index is 13.4. The molecule has 0 unspecified atom stereocenters. The standard InChI is InChI=1S/C10H7ClFNOS/c1-14-9-3-2-6(4-7(9)12)8-5-15-10(11)13-8/h2-5H,1H3. The van der Waals surface area contributed by atoms with Crippen molar-refractivity contribution in [3.63, 3.8) is 0 Å². The van der Waals surface area contributed by atoms with E-state index in [1.54, 1.807) is 17.5 Å². The maximum Gasteiger partial charge on any atom is 0.184 e. The van der Waals surface area contributed by atoms with Gasteiger partial charge in [0.05, 0.1) is 12.8 Å². The minimum absolute atomic E-state index is 0.222. The Morgan fingerprint density at radius 1 is 1.47 bits per heavy atom. The molecule has 1 heterocycles. The Labute approximate surface area is 95.3 Å². The van der Waals surface area contributed by atoms with Crippen LogP contribution in [0, 0.1) is 5.82 Å². The Balaban J connectivity index is 2.42. The molecule has 0 aliphatic rings. The minimum atomic E-state index is -0.404. The molecule has 78 valence electrons. The Morgan fingerprint density at radius 2 is 2.27 bits per heavy atom. The summed E-state index contributed by atoms with van der Waals surface area (Å²) in [7, 11) is 1.43. The number of aromatic nitrogens is 1. The summed E-state index contributed by atoms with van der Waals surface area (Å²) < 4.78 is 18.6. The molecule has 2 aromatic rings. The molecular formula is C10H7ClFNOS. The van der Waals surface area contributed by atoms with E-state index in [1.807, 2.05) is 0 Å². The molecule has 0 saturated heterocycles. The average molecular weight is 244 g/mol. The average Bonchev–Trinajstić information content (AvgIpc) is 2.65. The molecule has 5 heteroatoms. The second kappa shape index (κ2) is 4.16. The molecule has 0 bridgehead atoms. The Kier molecular flexibility index (Phi) is 2.88. The quantitative estimate of drug-likeness (QED) is 0.804. The van der Waals surface area contributed by atoms with Crippen LogP contribution in [0.15, 0.2) is 23.6 Å². The molecule has 15 heavy (non-hydrogen) atoms. The van der Waals surface area contributed by atoms with Crippen molar-refractivity contribution in [2.45, 2.75) is 0 Å². The molecule has 0 saturated carbocycles. The summed E-state index contributed by atoms with van der Waals surface area (Å²) in [6, 6.07) is 4.69. The molecule has 0 radical (unpaired) electrons. The van der Waals surface area contributed by atoms with Crippen LogP contribution < -0.4 is 4.74 Å². The predicted octanol–water partition coefficient (Wildman–Crippen LogP) is 3.61. The van der Waals surface area contributed by atoms with Gasteiger partial charge in [-0.3, -0.25) is 0 Å². The van der Waals surface area contributed by atoms with Gasteiger partial charge in [0.25, 0.3) is 0 Å². The molecule has 1 aromatic heterocycles. The van der Waals surface area contributed by atoms with Gasteiger partial charge in [-0.05, 0) is 18.2 Å². The zero-order valence-corrected chi connectivity index (χ0v) is 9.40. The molecule has 0 spiro atoms. The molecule has 0 atom stereocenters. The van der Waals surface area contributed by atoms with E-state index >= 15 is 0 Å². The van der Waals surface area contributed by atoms with E-state index < -0.39 is 5.82 Å². The van der Waals surface area contributed by atoms with Gasteiger partial charge >= 0.3 is 0 Å². The first-order valence-corrected chi connectivity index (χ1v) is 5.41. The molecule has 2 nitrogen and oxygen atoms in total. The molecule has 0 aliphatic heterocycles. The Hall–Kier alpha value is -1.13. The summed E-state index contributed by atoms with van der Waals surface area (Å²) >= 11 is 7.01. The largest absolute Gasteiger partial charge is 0.494 e. The van der Waals surface area contributed by atoms with E-state index in [2.05, 4.69) is 4.98 Å². The highest BCUT2D eigenvalue weighted by Gasteiger charge is 2.07. The highest BCUT2D eigenvalue weighted by Crippen LogP contribution is 2.27. The number of halogens is 2. The number of hydrogen-bond donors (Lipinski definition) is 0. The highest BCUT2D eigenvalue weighted by atomic mass is 35.5. The molecule has 2 rings (SSSR count). The first-order chi connectivity index (χ1) is 7.20. The van der Waals surface area contributed by atoms with Crippen LogP contribution >= 0.6 is 22.9 Å². The fourth-order valence-corrected chi connectivity index (χ4v) is 1.98. The van der Waals surface area contributed by atoms with Crippen LogP contribution in [0.5, 0.6) is 5.75 Å². The fourth-order valence-electron chi connectivity index (χ4n) is 1.21. The van der Waals surface area contributed by atoms with Gasteiger partial charge in [-0.2, -0.15) is 0 Å². The van der Waals surface area contributed by atoms with Gasteiger partial charge in [0.15, 0.2) is 16.0 Å². The van der Waals surface area contributed by atoms with E-state index in [1.165, 1.54) is 24.5 Å². The Bertz CT molecular complexity index is 486. The Morgan fingerprint density at radius 3 is 2.80 bits per heavy atom. The third-order valence-electron chi connectivity index (χ3n) is 1.92. The van der Waals surface area contributed by atoms with E-state index in [4.69, 9.17) is 16.3 Å². The lowest BCUT2D eigenvalue weighted by molar-refractivity contribution is 0.386. The molecular weight excluding hydrogens is 237 g/mol. The zero-order valence-electron chi connectivity index (χ0n) is 7.83. The summed E-state index contributed by atoms with van der Waals surface area (Å²) in [4.78, 5) is 4.05. The molecule has 0 amide bonds. The van der Waals surface area contributed by atoms with Crippen LogP contribution in [-0.4, -0.2) is 12.1 Å². The third kappa shape index (κ3) is 2.11. The highest BCUT2D eigenvalue weighted by molar-refractivity contribution is 7.14. The fraction of sp³-hybridized carbons (Fsp3) is 0.100. The predicted molar refractivity (Wildman–Crippen MR) is 59.1 cm³/mol. The monoisotopic (exact) mass is 243 g/mol. The molecule has 0 N–H and O–H groups in total. The number of rotatable bonds is 2. The van der Waals surface area contributed by atoms with Gasteiger partial charge in [-0.25, -0.2) is 9.37 Å². The van der Waals surface area contributed by atoms with Gasteiger partial charge < -0.3 is 4.74 Å². The topological polar surface area (TPSA) is 22.1 Å². The van der Waals surface area contributed by atoms with Crippen LogP contribution in [0.2, 0.25) is 4.47 Å². The van der Waals surface area contributed by atoms with Gasteiger partial charge in [-0.15, -0.1) is 11.3 Å². The number of methoxy groups -OCH3 is 1. The number of hydrogen-bond acceptors (Lipinski definition) is 3. The minimum Gasteiger partial charge on any atom is -0.494 e. The van der Waals surface area contributed by atoms with E-state index in [-0.39, 0.29) is 5.75 Å². The van der Waals surface area contributed by atoms with Gasteiger partial charge in [0.1, 0.15) is 0 Å². The van der Waals surface area contributed by atoms with E-state index in [9.17, 15) is 4.39 Å². The second-order valence-corrected chi connectivity index (χ2v) is 4.28. The summed E-state index contributed by atoms with van der Waals surface area (Å²) in [5.74, 6) is -0.181. The summed E-state index contributed by atoms with van der Waals surface area (Å²) in [6.07, 6.45) is 0. The lowest BCUT2D eigenvalue weighted by Crippen LogP contribution is -1.88. The number of nitrogens with zero attached hydrogens (tertiary/aromatic N) is 1. The van der Waals surface area contributed by atoms with Crippen LogP contribution in [0.1, 0.15) is 0 Å². The van der Waals surface area contributed by atoms with Crippen molar-refractivity contribution < 1.29 is 9.13 Å². The van der Waals surface area contributed by atoms with Gasteiger partial charge in [0.2, 0.25) is 0 Å². The van der Waals surface area contributed by atoms with Crippen LogP contribution in [0.25, 0.3) is 11.3 Å². The van der Waals surface area contributed by atoms with Crippen molar-refractivity contribution >= 4 is 22.9 Å². The summed E-state index contributed by atoms with van der Waals surface area (Å²) in [6.45, 7) is 0. The van der Waals surface area contributed by atoms with Crippen molar-refractivity contribution in [2.24, 2.45) is 0 Å². The van der Waals surface area contributed by atoms with Gasteiger partial charge in [0, 0.05) is 10.9 Å². The van der Waals surface area contributed by atoms with Crippen LogP contribution in [-0.2, 0) is 0 Å². The van der Waals surface area contributed by atoms with Crippen LogP contribution in [0.4, 0.5) is 4.39 Å². The number of ether oxygens (including phenoxy) is 1. The second-order valence-electron chi connectivity index (χ2n) is 2.84. The normalized spacial score (nSPS) is 10.3. The molecule has 0 fully saturated rings. The zero-order chi connectivity index (χ0) is 10.8. The summed E-state index contributed by atoms with van der Waals surface area (Å²) in [5.41, 5.74) is 1.36. The van der Waals surface area contributed by atoms with Crippen molar-refractivity contribution in [2.75, 3.05) is 7.11 Å². The van der Waals surface area contributed by atoms with Crippen LogP contribution in [0.3, 0.4) is 0 Å². The third-order valence-corrected chi connectivity index (χ3v) is 2.90. The molecule has 0 aliphatic carbocycles. The van der Waals surface area contributed by atoms with E-state index in [0.717, 1.165) is 0 Å². The van der Waals surface area contributed by atoms with Crippen molar-refractivity contribution in [1.82, 2.24) is 4.98 Å². The van der Waals surface area contributed by atoms with Crippen molar-refractivity contribution in [3.05, 3.63) is 33.9 Å². The first kappa shape index (κ1) is 10.4. The van der Waals surface area contributed by atoms with Gasteiger partial charge in [-0.1, -0.05) is 11.6 Å². The smallest absolute Gasteiger partial charge is 0.184 e. The summed E-state index contributed by atoms with van der Waals surface area (Å²) in [5, 5.41) is 1.78. The van der Waals surface area contributed by atoms with Crippen molar-refractivity contribution in [3.8, 4) is 17.0 Å². The number of benzene rings is 1. The number of thiazole rings is 1. The lowest BCUT2D eigenvalue weighted by Gasteiger charge is -2.02. The van der Waals surface area contributed by atoms with Crippen molar-refractivity contribution in [1.29, 1.82) is 0 Å². The molecule has 1 aromatic carbocycles. The van der Waals surface area contributed by atoms with E-state index in [0.29, 0.717) is 15.7 Å².